The van der Waals surface area contributed by atoms with Gasteiger partial charge < -0.3 is 25.7 Å². The van der Waals surface area contributed by atoms with Crippen LogP contribution >= 0.6 is 23.5 Å². The Morgan fingerprint density at radius 1 is 0.719 bits per heavy atom. The number of rotatable bonds is 16. The van der Waals surface area contributed by atoms with Crippen molar-refractivity contribution >= 4 is 39.7 Å². The van der Waals surface area contributed by atoms with Crippen LogP contribution in [-0.2, 0) is 14.4 Å². The van der Waals surface area contributed by atoms with Crippen LogP contribution < -0.4 is 5.32 Å². The van der Waals surface area contributed by atoms with Crippen LogP contribution in [0.2, 0.25) is 0 Å². The maximum atomic E-state index is 12.0. The number of hydrogen-bond donors (Lipinski definition) is 5. The minimum atomic E-state index is -0.841. The molecule has 5 N–H and O–H groups in total. The molecule has 0 aliphatic rings. The molecule has 0 aromatic carbocycles. The van der Waals surface area contributed by atoms with E-state index in [0.29, 0.717) is 50.8 Å². The third kappa shape index (κ3) is 17.8. The molecule has 1 amide bonds. The van der Waals surface area contributed by atoms with Gasteiger partial charge in [-0.25, -0.2) is 0 Å². The normalized spacial score (nSPS) is 15.4. The summed E-state index contributed by atoms with van der Waals surface area (Å²) in [5.41, 5.74) is 0. The van der Waals surface area contributed by atoms with E-state index < -0.39 is 35.4 Å². The van der Waals surface area contributed by atoms with Crippen molar-refractivity contribution in [3.63, 3.8) is 0 Å². The fraction of sp³-hybridized carbons (Fsp3) is 0.850. The van der Waals surface area contributed by atoms with Gasteiger partial charge in [0.05, 0.1) is 31.0 Å². The average Bonchev–Trinajstić information content (AvgIpc) is 2.63. The lowest BCUT2D eigenvalue weighted by Gasteiger charge is -2.24. The smallest absolute Gasteiger partial charge is 0.299 e. The van der Waals surface area contributed by atoms with E-state index in [9.17, 15) is 34.8 Å². The molecule has 0 saturated heterocycles. The van der Waals surface area contributed by atoms with E-state index in [4.69, 9.17) is 0 Å². The summed E-state index contributed by atoms with van der Waals surface area (Å²) < 4.78 is 0. The summed E-state index contributed by atoms with van der Waals surface area (Å²) >= 11 is 1.84. The molecular weight excluding hydrogens is 458 g/mol. The van der Waals surface area contributed by atoms with Gasteiger partial charge in [-0.15, -0.1) is 0 Å². The monoisotopic (exact) mass is 497 g/mol. The van der Waals surface area contributed by atoms with Crippen molar-refractivity contribution in [1.82, 2.24) is 15.1 Å². The maximum absolute atomic E-state index is 12.0. The number of hydrogen-bond acceptors (Lipinski definition) is 11. The second-order valence-corrected chi connectivity index (χ2v) is 10.2. The molecule has 0 aliphatic carbocycles. The molecule has 188 valence electrons. The highest BCUT2D eigenvalue weighted by molar-refractivity contribution is 8.15. The predicted octanol–water partition coefficient (Wildman–Crippen LogP) is -1.25. The number of thioether (sulfide) groups is 2. The highest BCUT2D eigenvalue weighted by atomic mass is 32.2. The van der Waals surface area contributed by atoms with Gasteiger partial charge in [0, 0.05) is 50.8 Å². The minimum absolute atomic E-state index is 0.265. The summed E-state index contributed by atoms with van der Waals surface area (Å²) in [6.45, 7) is 8.67. The Labute approximate surface area is 199 Å². The molecule has 12 heteroatoms. The lowest BCUT2D eigenvalue weighted by atomic mass is 10.3. The molecule has 0 radical (unpaired) electrons. The van der Waals surface area contributed by atoms with Gasteiger partial charge in [0.25, 0.3) is 11.0 Å². The zero-order valence-corrected chi connectivity index (χ0v) is 21.0. The Morgan fingerprint density at radius 3 is 1.47 bits per heavy atom. The first-order valence-electron chi connectivity index (χ1n) is 10.7. The molecule has 0 aromatic rings. The average molecular weight is 498 g/mol. The van der Waals surface area contributed by atoms with Crippen molar-refractivity contribution in [2.75, 3.05) is 57.3 Å². The third-order valence-corrected chi connectivity index (χ3v) is 5.67. The van der Waals surface area contributed by atoms with E-state index >= 15 is 0 Å². The Morgan fingerprint density at radius 2 is 1.09 bits per heavy atom. The summed E-state index contributed by atoms with van der Waals surface area (Å²) in [6, 6.07) is 0. The molecule has 10 nitrogen and oxygen atoms in total. The number of aliphatic hydroxyl groups excluding tert-OH is 4. The van der Waals surface area contributed by atoms with E-state index in [1.165, 1.54) is 0 Å². The number of nitrogens with zero attached hydrogens (tertiary/aromatic N) is 2. The van der Waals surface area contributed by atoms with Gasteiger partial charge in [-0.3, -0.25) is 24.2 Å². The van der Waals surface area contributed by atoms with E-state index in [0.717, 1.165) is 23.5 Å². The van der Waals surface area contributed by atoms with Gasteiger partial charge in [-0.2, -0.15) is 0 Å². The number of amides is 1. The number of carbonyl (C=O) groups is 3. The Bertz CT molecular complexity index is 543. The largest absolute Gasteiger partial charge is 0.392 e. The van der Waals surface area contributed by atoms with Crippen LogP contribution in [0.1, 0.15) is 27.7 Å². The second kappa shape index (κ2) is 17.7. The molecule has 0 bridgehead atoms. The molecule has 0 heterocycles. The lowest BCUT2D eigenvalue weighted by Crippen LogP contribution is -2.38. The lowest BCUT2D eigenvalue weighted by molar-refractivity contribution is -0.133. The van der Waals surface area contributed by atoms with Crippen molar-refractivity contribution in [2.45, 2.75) is 52.1 Å². The van der Waals surface area contributed by atoms with Crippen LogP contribution in [0.5, 0.6) is 0 Å². The molecule has 4 unspecified atom stereocenters. The van der Waals surface area contributed by atoms with Crippen LogP contribution in [0.4, 0.5) is 0 Å². The molecule has 0 saturated carbocycles. The Balaban J connectivity index is 4.20. The summed E-state index contributed by atoms with van der Waals surface area (Å²) in [5.74, 6) is -0.0953. The number of nitrogens with one attached hydrogen (secondary N) is 1. The van der Waals surface area contributed by atoms with Crippen LogP contribution in [0.15, 0.2) is 0 Å². The van der Waals surface area contributed by atoms with E-state index in [1.54, 1.807) is 27.7 Å². The number of carbonyl (C=O) groups excluding carboxylic acids is 3. The van der Waals surface area contributed by atoms with Gasteiger partial charge >= 0.3 is 0 Å². The quantitative estimate of drug-likeness (QED) is 0.163. The fourth-order valence-electron chi connectivity index (χ4n) is 2.91. The van der Waals surface area contributed by atoms with Crippen LogP contribution in [0, 0.1) is 0 Å². The predicted molar refractivity (Wildman–Crippen MR) is 128 cm³/mol. The second-order valence-electron chi connectivity index (χ2n) is 7.95. The van der Waals surface area contributed by atoms with Crippen molar-refractivity contribution in [1.29, 1.82) is 0 Å². The highest BCUT2D eigenvalue weighted by Gasteiger charge is 2.18. The van der Waals surface area contributed by atoms with Crippen molar-refractivity contribution in [3.05, 3.63) is 0 Å². The standard InChI is InChI=1S/C20H39N3O7S2/c1-14(24)10-22(11-15(2)25)5-7-31-18(28)9-21-19(29)20(30)32-8-6-23(12-16(3)26)13-17(4)27/h14-17,24-27H,5-13H2,1-4H3,(H,21,29). The van der Waals surface area contributed by atoms with E-state index in [-0.39, 0.29) is 11.7 Å². The summed E-state index contributed by atoms with van der Waals surface area (Å²) in [5, 5.41) is 39.4. The maximum Gasteiger partial charge on any atom is 0.299 e. The summed E-state index contributed by atoms with van der Waals surface area (Å²) in [6.07, 6.45) is -2.26. The zero-order valence-electron chi connectivity index (χ0n) is 19.4. The molecule has 0 aliphatic heterocycles. The molecule has 4 atom stereocenters. The molecule has 0 rings (SSSR count). The van der Waals surface area contributed by atoms with Crippen molar-refractivity contribution in [3.8, 4) is 0 Å². The van der Waals surface area contributed by atoms with Crippen molar-refractivity contribution in [2.24, 2.45) is 0 Å². The van der Waals surface area contributed by atoms with Gasteiger partial charge in [0.15, 0.2) is 0 Å². The van der Waals surface area contributed by atoms with E-state index in [1.807, 2.05) is 9.80 Å². The first-order valence-corrected chi connectivity index (χ1v) is 12.6. The molecule has 0 fully saturated rings. The fourth-order valence-corrected chi connectivity index (χ4v) is 4.40. The molecule has 0 aromatic heterocycles. The van der Waals surface area contributed by atoms with Gasteiger partial charge in [0.1, 0.15) is 0 Å². The first kappa shape index (κ1) is 31.3. The Hall–Kier alpha value is -0.730. The highest BCUT2D eigenvalue weighted by Crippen LogP contribution is 2.07. The van der Waals surface area contributed by atoms with Crippen LogP contribution in [0.3, 0.4) is 0 Å². The zero-order chi connectivity index (χ0) is 24.7. The first-order chi connectivity index (χ1) is 14.9. The van der Waals surface area contributed by atoms with Crippen molar-refractivity contribution < 1.29 is 34.8 Å². The van der Waals surface area contributed by atoms with Gasteiger partial charge in [-0.05, 0) is 27.7 Å². The van der Waals surface area contributed by atoms with Crippen LogP contribution in [0.25, 0.3) is 0 Å². The van der Waals surface area contributed by atoms with E-state index in [2.05, 4.69) is 5.32 Å². The Kier molecular flexibility index (Phi) is 17.3. The summed E-state index contributed by atoms with van der Waals surface area (Å²) in [7, 11) is 0. The number of aliphatic hydroxyl groups is 4. The minimum Gasteiger partial charge on any atom is -0.392 e. The molecule has 0 spiro atoms. The van der Waals surface area contributed by atoms with Gasteiger partial charge in [-0.1, -0.05) is 23.5 Å². The SMILES string of the molecule is CC(O)CN(CCSC(=O)CNC(=O)C(=O)SCCN(CC(C)O)CC(C)O)CC(C)O. The third-order valence-electron chi connectivity index (χ3n) is 3.98. The van der Waals surface area contributed by atoms with Gasteiger partial charge in [0.2, 0.25) is 5.12 Å². The molecule has 32 heavy (non-hydrogen) atoms. The topological polar surface area (TPSA) is 151 Å². The molecular formula is C20H39N3O7S2. The summed E-state index contributed by atoms with van der Waals surface area (Å²) in [4.78, 5) is 39.5. The van der Waals surface area contributed by atoms with Crippen LogP contribution in [-0.4, -0.2) is 128 Å².